The van der Waals surface area contributed by atoms with Crippen LogP contribution in [-0.4, -0.2) is 43.6 Å². The SMILES string of the molecule is O=c1cc(N2CCOCC2)oc2cc(OCCSc3nc4ccccc4o3)ccc12. The third-order valence-electron chi connectivity index (χ3n) is 4.86. The van der Waals surface area contributed by atoms with E-state index in [1.807, 2.05) is 29.2 Å². The first kappa shape index (κ1) is 19.0. The topological polar surface area (TPSA) is 77.9 Å². The molecule has 3 heterocycles. The van der Waals surface area contributed by atoms with Crippen molar-refractivity contribution >= 4 is 39.7 Å². The molecule has 1 aliphatic rings. The molecule has 1 saturated heterocycles. The van der Waals surface area contributed by atoms with Crippen molar-refractivity contribution in [2.75, 3.05) is 43.6 Å². The van der Waals surface area contributed by atoms with Crippen LogP contribution in [0.25, 0.3) is 22.1 Å². The van der Waals surface area contributed by atoms with Crippen LogP contribution < -0.4 is 15.1 Å². The molecule has 2 aromatic heterocycles. The minimum atomic E-state index is -0.0594. The third kappa shape index (κ3) is 4.01. The molecule has 1 fully saturated rings. The number of ether oxygens (including phenoxy) is 2. The van der Waals surface area contributed by atoms with Crippen LogP contribution in [0.15, 0.2) is 67.4 Å². The van der Waals surface area contributed by atoms with Crippen LogP contribution in [0.1, 0.15) is 0 Å². The van der Waals surface area contributed by atoms with Crippen LogP contribution in [0.5, 0.6) is 5.75 Å². The van der Waals surface area contributed by atoms with Crippen molar-refractivity contribution in [2.45, 2.75) is 5.22 Å². The summed E-state index contributed by atoms with van der Waals surface area (Å²) in [7, 11) is 0. The molecule has 0 bridgehead atoms. The number of hydrogen-bond donors (Lipinski definition) is 0. The Bertz CT molecular complexity index is 1200. The Hall–Kier alpha value is -2.97. The van der Waals surface area contributed by atoms with Crippen LogP contribution >= 0.6 is 11.8 Å². The number of thioether (sulfide) groups is 1. The van der Waals surface area contributed by atoms with Gasteiger partial charge in [0.15, 0.2) is 16.9 Å². The van der Waals surface area contributed by atoms with E-state index in [0.29, 0.717) is 66.5 Å². The first-order valence-electron chi connectivity index (χ1n) is 9.78. The maximum absolute atomic E-state index is 12.5. The average Bonchev–Trinajstić information content (AvgIpc) is 3.20. The number of hydrogen-bond acceptors (Lipinski definition) is 8. The maximum Gasteiger partial charge on any atom is 0.256 e. The standard InChI is InChI=1S/C22H20N2O5S/c25-18-14-21(24-7-9-26-10-8-24)28-20-13-15(5-6-16(18)20)27-11-12-30-22-23-17-3-1-2-4-19(17)29-22/h1-6,13-14H,7-12H2. The molecule has 4 aromatic rings. The van der Waals surface area contributed by atoms with Crippen molar-refractivity contribution in [1.29, 1.82) is 0 Å². The minimum Gasteiger partial charge on any atom is -0.493 e. The number of anilines is 1. The minimum absolute atomic E-state index is 0.0594. The van der Waals surface area contributed by atoms with Gasteiger partial charge in [0, 0.05) is 31.0 Å². The fourth-order valence-electron chi connectivity index (χ4n) is 3.35. The lowest BCUT2D eigenvalue weighted by Gasteiger charge is -2.27. The van der Waals surface area contributed by atoms with E-state index < -0.39 is 0 Å². The molecule has 0 atom stereocenters. The molecule has 0 N–H and O–H groups in total. The monoisotopic (exact) mass is 424 g/mol. The summed E-state index contributed by atoms with van der Waals surface area (Å²) in [6.45, 7) is 3.14. The van der Waals surface area contributed by atoms with Crippen molar-refractivity contribution in [2.24, 2.45) is 0 Å². The zero-order chi connectivity index (χ0) is 20.3. The largest absolute Gasteiger partial charge is 0.493 e. The normalized spacial score (nSPS) is 14.5. The lowest BCUT2D eigenvalue weighted by molar-refractivity contribution is 0.121. The number of para-hydroxylation sites is 2. The molecule has 0 spiro atoms. The summed E-state index contributed by atoms with van der Waals surface area (Å²) in [5.74, 6) is 1.91. The van der Waals surface area contributed by atoms with Gasteiger partial charge in [-0.15, -0.1) is 0 Å². The number of oxazole rings is 1. The predicted octanol–water partition coefficient (Wildman–Crippen LogP) is 3.94. The van der Waals surface area contributed by atoms with Crippen molar-refractivity contribution in [3.05, 3.63) is 58.8 Å². The zero-order valence-electron chi connectivity index (χ0n) is 16.2. The number of morpholine rings is 1. The van der Waals surface area contributed by atoms with Gasteiger partial charge in [0.2, 0.25) is 0 Å². The molecule has 0 amide bonds. The molecule has 0 saturated carbocycles. The summed E-state index contributed by atoms with van der Waals surface area (Å²) in [6.07, 6.45) is 0. The van der Waals surface area contributed by atoms with Crippen molar-refractivity contribution in [3.63, 3.8) is 0 Å². The van der Waals surface area contributed by atoms with Crippen LogP contribution in [0.2, 0.25) is 0 Å². The Balaban J connectivity index is 1.25. The molecule has 5 rings (SSSR count). The number of benzene rings is 2. The fraction of sp³-hybridized carbons (Fsp3) is 0.273. The van der Waals surface area contributed by atoms with E-state index in [2.05, 4.69) is 4.98 Å². The van der Waals surface area contributed by atoms with Gasteiger partial charge in [-0.3, -0.25) is 4.79 Å². The highest BCUT2D eigenvalue weighted by Gasteiger charge is 2.15. The van der Waals surface area contributed by atoms with E-state index in [1.54, 1.807) is 24.3 Å². The summed E-state index contributed by atoms with van der Waals surface area (Å²) in [5.41, 5.74) is 2.09. The van der Waals surface area contributed by atoms with E-state index in [1.165, 1.54) is 11.8 Å². The Kier molecular flexibility index (Phi) is 5.33. The number of rotatable bonds is 6. The number of fused-ring (bicyclic) bond motifs is 2. The van der Waals surface area contributed by atoms with E-state index in [9.17, 15) is 4.79 Å². The second kappa shape index (κ2) is 8.41. The Morgan fingerprint density at radius 1 is 1.03 bits per heavy atom. The Labute approximate surface area is 176 Å². The summed E-state index contributed by atoms with van der Waals surface area (Å²) >= 11 is 1.50. The van der Waals surface area contributed by atoms with Gasteiger partial charge < -0.3 is 23.2 Å². The van der Waals surface area contributed by atoms with Crippen molar-refractivity contribution in [1.82, 2.24) is 4.98 Å². The summed E-state index contributed by atoms with van der Waals surface area (Å²) in [6, 6.07) is 14.5. The molecule has 2 aromatic carbocycles. The van der Waals surface area contributed by atoms with E-state index in [4.69, 9.17) is 18.3 Å². The highest BCUT2D eigenvalue weighted by atomic mass is 32.2. The van der Waals surface area contributed by atoms with E-state index >= 15 is 0 Å². The molecule has 1 aliphatic heterocycles. The zero-order valence-corrected chi connectivity index (χ0v) is 17.0. The van der Waals surface area contributed by atoms with Gasteiger partial charge in [0.1, 0.15) is 16.8 Å². The smallest absolute Gasteiger partial charge is 0.256 e. The third-order valence-corrected chi connectivity index (χ3v) is 5.65. The average molecular weight is 424 g/mol. The van der Waals surface area contributed by atoms with Gasteiger partial charge in [-0.1, -0.05) is 23.9 Å². The second-order valence-electron chi connectivity index (χ2n) is 6.85. The van der Waals surface area contributed by atoms with Crippen LogP contribution in [0.3, 0.4) is 0 Å². The van der Waals surface area contributed by atoms with Gasteiger partial charge in [-0.2, -0.15) is 0 Å². The molecule has 8 heteroatoms. The molecule has 0 unspecified atom stereocenters. The van der Waals surface area contributed by atoms with Crippen LogP contribution in [-0.2, 0) is 4.74 Å². The van der Waals surface area contributed by atoms with Gasteiger partial charge in [-0.25, -0.2) is 4.98 Å². The second-order valence-corrected chi connectivity index (χ2v) is 7.90. The van der Waals surface area contributed by atoms with E-state index in [-0.39, 0.29) is 5.43 Å². The maximum atomic E-state index is 12.5. The first-order chi connectivity index (χ1) is 14.8. The highest BCUT2D eigenvalue weighted by Crippen LogP contribution is 2.25. The van der Waals surface area contributed by atoms with Gasteiger partial charge >= 0.3 is 0 Å². The Morgan fingerprint density at radius 2 is 1.90 bits per heavy atom. The van der Waals surface area contributed by atoms with Crippen LogP contribution in [0.4, 0.5) is 5.88 Å². The molecular formula is C22H20N2O5S. The molecule has 154 valence electrons. The molecule has 7 nitrogen and oxygen atoms in total. The summed E-state index contributed by atoms with van der Waals surface area (Å²) < 4.78 is 22.9. The van der Waals surface area contributed by atoms with Crippen molar-refractivity contribution < 1.29 is 18.3 Å². The molecular weight excluding hydrogens is 404 g/mol. The van der Waals surface area contributed by atoms with E-state index in [0.717, 1.165) is 11.1 Å². The number of aromatic nitrogens is 1. The van der Waals surface area contributed by atoms with Gasteiger partial charge in [-0.05, 0) is 24.3 Å². The van der Waals surface area contributed by atoms with Crippen LogP contribution in [0, 0.1) is 0 Å². The summed E-state index contributed by atoms with van der Waals surface area (Å²) in [4.78, 5) is 18.9. The molecule has 0 aliphatic carbocycles. The molecule has 30 heavy (non-hydrogen) atoms. The highest BCUT2D eigenvalue weighted by molar-refractivity contribution is 7.99. The summed E-state index contributed by atoms with van der Waals surface area (Å²) in [5, 5.41) is 1.17. The Morgan fingerprint density at radius 3 is 2.77 bits per heavy atom. The number of nitrogens with zero attached hydrogens (tertiary/aromatic N) is 2. The predicted molar refractivity (Wildman–Crippen MR) is 116 cm³/mol. The first-order valence-corrected chi connectivity index (χ1v) is 10.8. The lowest BCUT2D eigenvalue weighted by atomic mass is 10.2. The van der Waals surface area contributed by atoms with Gasteiger partial charge in [0.25, 0.3) is 5.22 Å². The van der Waals surface area contributed by atoms with Gasteiger partial charge in [0.05, 0.1) is 25.2 Å². The lowest BCUT2D eigenvalue weighted by Crippen LogP contribution is -2.36. The quantitative estimate of drug-likeness (QED) is 0.340. The fourth-order valence-corrected chi connectivity index (χ4v) is 4.01. The van der Waals surface area contributed by atoms with Crippen molar-refractivity contribution in [3.8, 4) is 5.75 Å². The molecule has 0 radical (unpaired) electrons.